The molecule has 0 bridgehead atoms. The van der Waals surface area contributed by atoms with Gasteiger partial charge in [0.1, 0.15) is 9.84 Å². The van der Waals surface area contributed by atoms with Gasteiger partial charge in [-0.2, -0.15) is 0 Å². The van der Waals surface area contributed by atoms with Gasteiger partial charge in [-0.1, -0.05) is 20.8 Å². The molecule has 0 saturated carbocycles. The average Bonchev–Trinajstić information content (AvgIpc) is 2.40. The quantitative estimate of drug-likeness (QED) is 0.705. The first-order valence-electron chi connectivity index (χ1n) is 8.06. The van der Waals surface area contributed by atoms with Crippen molar-refractivity contribution in [3.8, 4) is 0 Å². The van der Waals surface area contributed by atoms with Gasteiger partial charge in [0.2, 0.25) is 0 Å². The Kier molecular flexibility index (Phi) is 8.07. The SMILES string of the molecule is CCS(=O)(=O)CCCN1CCC(CNCC(C)C)CC1. The molecule has 0 aromatic rings. The monoisotopic (exact) mass is 304 g/mol. The average molecular weight is 305 g/mol. The van der Waals surface area contributed by atoms with Crippen LogP contribution in [0.4, 0.5) is 0 Å². The van der Waals surface area contributed by atoms with Gasteiger partial charge in [0.05, 0.1) is 5.75 Å². The molecule has 1 saturated heterocycles. The number of nitrogens with one attached hydrogen (secondary N) is 1. The second kappa shape index (κ2) is 9.00. The fourth-order valence-corrected chi connectivity index (χ4v) is 3.50. The third kappa shape index (κ3) is 7.60. The van der Waals surface area contributed by atoms with E-state index in [-0.39, 0.29) is 5.75 Å². The lowest BCUT2D eigenvalue weighted by atomic mass is 9.96. The number of hydrogen-bond donors (Lipinski definition) is 1. The summed E-state index contributed by atoms with van der Waals surface area (Å²) in [6.45, 7) is 11.6. The van der Waals surface area contributed by atoms with Crippen LogP contribution in [-0.4, -0.2) is 57.5 Å². The molecule has 5 heteroatoms. The normalized spacial score (nSPS) is 18.8. The summed E-state index contributed by atoms with van der Waals surface area (Å²) in [6.07, 6.45) is 3.27. The third-order valence-corrected chi connectivity index (χ3v) is 5.85. The first kappa shape index (κ1) is 17.9. The number of rotatable bonds is 9. The molecule has 0 amide bonds. The zero-order valence-corrected chi connectivity index (χ0v) is 14.2. The summed E-state index contributed by atoms with van der Waals surface area (Å²) in [5.41, 5.74) is 0. The standard InChI is InChI=1S/C15H32N2O2S/c1-4-20(18,19)11-5-8-17-9-6-15(7-10-17)13-16-12-14(2)3/h14-16H,4-13H2,1-3H3. The van der Waals surface area contributed by atoms with Crippen LogP contribution in [0.5, 0.6) is 0 Å². The topological polar surface area (TPSA) is 49.4 Å². The van der Waals surface area contributed by atoms with E-state index in [1.54, 1.807) is 6.92 Å². The summed E-state index contributed by atoms with van der Waals surface area (Å²) in [5.74, 6) is 2.13. The number of nitrogens with zero attached hydrogens (tertiary/aromatic N) is 1. The Morgan fingerprint density at radius 1 is 1.25 bits per heavy atom. The summed E-state index contributed by atoms with van der Waals surface area (Å²) in [4.78, 5) is 2.42. The minimum absolute atomic E-state index is 0.274. The minimum atomic E-state index is -2.79. The Morgan fingerprint density at radius 3 is 2.45 bits per heavy atom. The smallest absolute Gasteiger partial charge is 0.150 e. The van der Waals surface area contributed by atoms with E-state index in [1.165, 1.54) is 12.8 Å². The first-order chi connectivity index (χ1) is 9.43. The van der Waals surface area contributed by atoms with Gasteiger partial charge in [0.15, 0.2) is 0 Å². The summed E-state index contributed by atoms with van der Waals surface area (Å²) in [6, 6.07) is 0. The number of likely N-dealkylation sites (tertiary alicyclic amines) is 1. The third-order valence-electron chi connectivity index (χ3n) is 4.06. The highest BCUT2D eigenvalue weighted by Gasteiger charge is 2.19. The molecule has 1 aliphatic heterocycles. The highest BCUT2D eigenvalue weighted by atomic mass is 32.2. The van der Waals surface area contributed by atoms with Crippen molar-refractivity contribution in [3.05, 3.63) is 0 Å². The van der Waals surface area contributed by atoms with Gasteiger partial charge >= 0.3 is 0 Å². The Labute approximate surface area is 125 Å². The number of hydrogen-bond acceptors (Lipinski definition) is 4. The van der Waals surface area contributed by atoms with Crippen LogP contribution in [-0.2, 0) is 9.84 Å². The maximum atomic E-state index is 11.4. The van der Waals surface area contributed by atoms with E-state index in [9.17, 15) is 8.42 Å². The van der Waals surface area contributed by atoms with E-state index in [0.29, 0.717) is 5.75 Å². The van der Waals surface area contributed by atoms with Crippen molar-refractivity contribution in [1.82, 2.24) is 10.2 Å². The van der Waals surface area contributed by atoms with Crippen molar-refractivity contribution in [2.45, 2.75) is 40.0 Å². The van der Waals surface area contributed by atoms with Crippen LogP contribution >= 0.6 is 0 Å². The summed E-state index contributed by atoms with van der Waals surface area (Å²) in [7, 11) is -2.79. The first-order valence-corrected chi connectivity index (χ1v) is 9.88. The van der Waals surface area contributed by atoms with Gasteiger partial charge in [-0.3, -0.25) is 0 Å². The van der Waals surface area contributed by atoms with Gasteiger partial charge < -0.3 is 10.2 Å². The highest BCUT2D eigenvalue weighted by Crippen LogP contribution is 2.16. The lowest BCUT2D eigenvalue weighted by Gasteiger charge is -2.32. The molecule has 0 aromatic carbocycles. The fraction of sp³-hybridized carbons (Fsp3) is 1.00. The number of piperidine rings is 1. The second-order valence-electron chi connectivity index (χ2n) is 6.43. The van der Waals surface area contributed by atoms with E-state index in [0.717, 1.165) is 51.0 Å². The van der Waals surface area contributed by atoms with Crippen molar-refractivity contribution in [1.29, 1.82) is 0 Å². The molecule has 0 aliphatic carbocycles. The Balaban J connectivity index is 2.10. The van der Waals surface area contributed by atoms with Gasteiger partial charge in [0, 0.05) is 5.75 Å². The van der Waals surface area contributed by atoms with E-state index < -0.39 is 9.84 Å². The van der Waals surface area contributed by atoms with Crippen molar-refractivity contribution in [3.63, 3.8) is 0 Å². The molecule has 1 heterocycles. The summed E-state index contributed by atoms with van der Waals surface area (Å²) >= 11 is 0. The van der Waals surface area contributed by atoms with Crippen LogP contribution in [0.3, 0.4) is 0 Å². The summed E-state index contributed by atoms with van der Waals surface area (Å²) < 4.78 is 22.9. The predicted molar refractivity (Wildman–Crippen MR) is 85.8 cm³/mol. The molecule has 120 valence electrons. The second-order valence-corrected chi connectivity index (χ2v) is 8.90. The largest absolute Gasteiger partial charge is 0.316 e. The molecule has 0 unspecified atom stereocenters. The van der Waals surface area contributed by atoms with Crippen LogP contribution < -0.4 is 5.32 Å². The van der Waals surface area contributed by atoms with Gasteiger partial charge in [-0.05, 0) is 63.8 Å². The van der Waals surface area contributed by atoms with E-state index in [1.807, 2.05) is 0 Å². The minimum Gasteiger partial charge on any atom is -0.316 e. The molecule has 20 heavy (non-hydrogen) atoms. The molecule has 0 aromatic heterocycles. The summed E-state index contributed by atoms with van der Waals surface area (Å²) in [5, 5.41) is 3.54. The van der Waals surface area contributed by atoms with Crippen molar-refractivity contribution in [2.24, 2.45) is 11.8 Å². The molecule has 0 radical (unpaired) electrons. The Morgan fingerprint density at radius 2 is 1.90 bits per heavy atom. The maximum absolute atomic E-state index is 11.4. The molecule has 0 spiro atoms. The van der Waals surface area contributed by atoms with E-state index in [4.69, 9.17) is 0 Å². The van der Waals surface area contributed by atoms with E-state index in [2.05, 4.69) is 24.1 Å². The molecule has 1 fully saturated rings. The van der Waals surface area contributed by atoms with Crippen LogP contribution in [0.25, 0.3) is 0 Å². The zero-order chi connectivity index (χ0) is 15.0. The van der Waals surface area contributed by atoms with Gasteiger partial charge in [-0.15, -0.1) is 0 Å². The van der Waals surface area contributed by atoms with Crippen LogP contribution in [0.15, 0.2) is 0 Å². The molecule has 4 nitrogen and oxygen atoms in total. The lowest BCUT2D eigenvalue weighted by Crippen LogP contribution is -2.38. The molecule has 1 aliphatic rings. The lowest BCUT2D eigenvalue weighted by molar-refractivity contribution is 0.182. The van der Waals surface area contributed by atoms with Gasteiger partial charge in [0.25, 0.3) is 0 Å². The molecular formula is C15H32N2O2S. The van der Waals surface area contributed by atoms with Crippen LogP contribution in [0.1, 0.15) is 40.0 Å². The molecule has 1 rings (SSSR count). The molecule has 0 atom stereocenters. The Bertz CT molecular complexity index is 347. The predicted octanol–water partition coefficient (Wildman–Crippen LogP) is 1.77. The fourth-order valence-electron chi connectivity index (χ4n) is 2.64. The maximum Gasteiger partial charge on any atom is 0.150 e. The van der Waals surface area contributed by atoms with Crippen molar-refractivity contribution >= 4 is 9.84 Å². The van der Waals surface area contributed by atoms with Crippen molar-refractivity contribution < 1.29 is 8.42 Å². The van der Waals surface area contributed by atoms with Gasteiger partial charge in [-0.25, -0.2) is 8.42 Å². The Hall–Kier alpha value is -0.130. The molecular weight excluding hydrogens is 272 g/mol. The van der Waals surface area contributed by atoms with Crippen molar-refractivity contribution in [2.75, 3.05) is 44.2 Å². The van der Waals surface area contributed by atoms with Crippen LogP contribution in [0, 0.1) is 11.8 Å². The van der Waals surface area contributed by atoms with Crippen LogP contribution in [0.2, 0.25) is 0 Å². The zero-order valence-electron chi connectivity index (χ0n) is 13.4. The van der Waals surface area contributed by atoms with E-state index >= 15 is 0 Å². The molecule has 1 N–H and O–H groups in total. The highest BCUT2D eigenvalue weighted by molar-refractivity contribution is 7.91. The number of sulfone groups is 1.